The molecule has 0 fully saturated rings. The monoisotopic (exact) mass is 291 g/mol. The third-order valence-electron chi connectivity index (χ3n) is 2.34. The highest BCUT2D eigenvalue weighted by Crippen LogP contribution is 2.30. The average molecular weight is 292 g/mol. The van der Waals surface area contributed by atoms with E-state index in [2.05, 4.69) is 20.9 Å². The number of hydrogen-bond acceptors (Lipinski definition) is 3. The Kier molecular flexibility index (Phi) is 3.54. The Balaban J connectivity index is 2.59. The highest BCUT2D eigenvalue weighted by molar-refractivity contribution is 9.10. The van der Waals surface area contributed by atoms with Gasteiger partial charge in [-0.15, -0.1) is 0 Å². The molecule has 0 saturated heterocycles. The van der Waals surface area contributed by atoms with Crippen LogP contribution < -0.4 is 4.74 Å². The molecular weight excluding hydrogens is 282 g/mol. The number of benzene rings is 1. The van der Waals surface area contributed by atoms with Crippen molar-refractivity contribution in [2.24, 2.45) is 0 Å². The fourth-order valence-electron chi connectivity index (χ4n) is 1.53. The topological polar surface area (TPSA) is 39.2 Å². The number of rotatable bonds is 3. The third kappa shape index (κ3) is 2.36. The molecular formula is C13H10BrNO2. The van der Waals surface area contributed by atoms with Crippen molar-refractivity contribution >= 4 is 22.2 Å². The highest BCUT2D eigenvalue weighted by atomic mass is 79.9. The summed E-state index contributed by atoms with van der Waals surface area (Å²) in [5, 5.41) is 0. The van der Waals surface area contributed by atoms with Gasteiger partial charge < -0.3 is 4.74 Å². The van der Waals surface area contributed by atoms with E-state index >= 15 is 0 Å². The number of methoxy groups -OCH3 is 1. The molecule has 0 unspecified atom stereocenters. The number of hydrogen-bond donors (Lipinski definition) is 0. The Morgan fingerprint density at radius 2 is 2.00 bits per heavy atom. The van der Waals surface area contributed by atoms with Crippen LogP contribution in [-0.2, 0) is 0 Å². The molecule has 86 valence electrons. The molecule has 0 saturated carbocycles. The van der Waals surface area contributed by atoms with E-state index in [1.165, 1.54) is 7.11 Å². The van der Waals surface area contributed by atoms with E-state index in [0.717, 1.165) is 22.0 Å². The van der Waals surface area contributed by atoms with Crippen LogP contribution in [0.25, 0.3) is 11.3 Å². The molecule has 0 N–H and O–H groups in total. The smallest absolute Gasteiger partial charge is 0.224 e. The maximum absolute atomic E-state index is 10.8. The maximum atomic E-state index is 10.8. The fourth-order valence-corrected chi connectivity index (χ4v) is 2.10. The first-order valence-electron chi connectivity index (χ1n) is 5.01. The van der Waals surface area contributed by atoms with Crippen LogP contribution in [0.5, 0.6) is 5.88 Å². The largest absolute Gasteiger partial charge is 0.480 e. The van der Waals surface area contributed by atoms with E-state index in [1.807, 2.05) is 30.3 Å². The Bertz CT molecular complexity index is 541. The van der Waals surface area contributed by atoms with Crippen LogP contribution in [-0.4, -0.2) is 18.4 Å². The predicted octanol–water partition coefficient (Wildman–Crippen LogP) is 3.33. The molecule has 4 heteroatoms. The van der Waals surface area contributed by atoms with Gasteiger partial charge in [0.2, 0.25) is 5.88 Å². The average Bonchev–Trinajstić information content (AvgIpc) is 2.39. The molecule has 1 heterocycles. The second kappa shape index (κ2) is 5.10. The number of aromatic nitrogens is 1. The van der Waals surface area contributed by atoms with Crippen molar-refractivity contribution in [2.75, 3.05) is 7.11 Å². The van der Waals surface area contributed by atoms with E-state index in [4.69, 9.17) is 4.74 Å². The van der Waals surface area contributed by atoms with Crippen molar-refractivity contribution in [3.05, 3.63) is 46.4 Å². The van der Waals surface area contributed by atoms with Gasteiger partial charge in [0.05, 0.1) is 18.4 Å². The van der Waals surface area contributed by atoms with E-state index in [-0.39, 0.29) is 0 Å². The van der Waals surface area contributed by atoms with Crippen LogP contribution in [0.1, 0.15) is 10.4 Å². The number of halogens is 1. The summed E-state index contributed by atoms with van der Waals surface area (Å²) in [7, 11) is 1.50. The van der Waals surface area contributed by atoms with Gasteiger partial charge in [0.25, 0.3) is 0 Å². The van der Waals surface area contributed by atoms with Gasteiger partial charge in [0, 0.05) is 10.0 Å². The van der Waals surface area contributed by atoms with Gasteiger partial charge in [-0.05, 0) is 22.0 Å². The van der Waals surface area contributed by atoms with Crippen molar-refractivity contribution in [1.29, 1.82) is 0 Å². The molecule has 0 spiro atoms. The molecule has 2 rings (SSSR count). The lowest BCUT2D eigenvalue weighted by Gasteiger charge is -2.08. The summed E-state index contributed by atoms with van der Waals surface area (Å²) in [6.07, 6.45) is 0.728. The molecule has 0 aliphatic heterocycles. The highest BCUT2D eigenvalue weighted by Gasteiger charge is 2.11. The Morgan fingerprint density at radius 3 is 2.59 bits per heavy atom. The summed E-state index contributed by atoms with van der Waals surface area (Å²) < 4.78 is 5.86. The maximum Gasteiger partial charge on any atom is 0.224 e. The molecule has 17 heavy (non-hydrogen) atoms. The van der Waals surface area contributed by atoms with E-state index in [0.29, 0.717) is 11.4 Å². The number of carbonyl (C=O) groups is 1. The van der Waals surface area contributed by atoms with E-state index in [9.17, 15) is 4.79 Å². The lowest BCUT2D eigenvalue weighted by atomic mass is 10.1. The van der Waals surface area contributed by atoms with Crippen LogP contribution >= 0.6 is 15.9 Å². The molecule has 0 aliphatic rings. The molecule has 0 radical (unpaired) electrons. The third-order valence-corrected chi connectivity index (χ3v) is 2.94. The Morgan fingerprint density at radius 1 is 1.29 bits per heavy atom. The molecule has 0 atom stereocenters. The molecule has 2 aromatic rings. The SMILES string of the molecule is COc1nc(-c2ccccc2)c(Br)cc1C=O. The summed E-state index contributed by atoms with van der Waals surface area (Å²) in [6.45, 7) is 0. The van der Waals surface area contributed by atoms with Crippen LogP contribution in [0.15, 0.2) is 40.9 Å². The Labute approximate surface area is 108 Å². The first-order valence-corrected chi connectivity index (χ1v) is 5.80. The van der Waals surface area contributed by atoms with Crippen LogP contribution in [0.4, 0.5) is 0 Å². The summed E-state index contributed by atoms with van der Waals surface area (Å²) in [5.74, 6) is 0.335. The predicted molar refractivity (Wildman–Crippen MR) is 69.3 cm³/mol. The van der Waals surface area contributed by atoms with Gasteiger partial charge in [-0.2, -0.15) is 0 Å². The van der Waals surface area contributed by atoms with Gasteiger partial charge in [-0.1, -0.05) is 30.3 Å². The lowest BCUT2D eigenvalue weighted by molar-refractivity contribution is 0.112. The first-order chi connectivity index (χ1) is 8.26. The summed E-state index contributed by atoms with van der Waals surface area (Å²) in [5.41, 5.74) is 2.15. The summed E-state index contributed by atoms with van der Waals surface area (Å²) in [6, 6.07) is 11.4. The van der Waals surface area contributed by atoms with Crippen LogP contribution in [0.2, 0.25) is 0 Å². The zero-order valence-electron chi connectivity index (χ0n) is 9.18. The minimum Gasteiger partial charge on any atom is -0.480 e. The van der Waals surface area contributed by atoms with Gasteiger partial charge >= 0.3 is 0 Å². The van der Waals surface area contributed by atoms with Crippen molar-refractivity contribution in [1.82, 2.24) is 4.98 Å². The summed E-state index contributed by atoms with van der Waals surface area (Å²) in [4.78, 5) is 15.2. The second-order valence-electron chi connectivity index (χ2n) is 3.40. The van der Waals surface area contributed by atoms with Gasteiger partial charge in [0.15, 0.2) is 6.29 Å². The quantitative estimate of drug-likeness (QED) is 0.814. The molecule has 1 aromatic carbocycles. The van der Waals surface area contributed by atoms with Crippen molar-refractivity contribution in [3.63, 3.8) is 0 Å². The van der Waals surface area contributed by atoms with Gasteiger partial charge in [0.1, 0.15) is 0 Å². The molecule has 0 aliphatic carbocycles. The number of ether oxygens (including phenoxy) is 1. The van der Waals surface area contributed by atoms with Crippen LogP contribution in [0, 0.1) is 0 Å². The minimum absolute atomic E-state index is 0.335. The van der Waals surface area contributed by atoms with Crippen molar-refractivity contribution in [2.45, 2.75) is 0 Å². The minimum atomic E-state index is 0.335. The standard InChI is InChI=1S/C13H10BrNO2/c1-17-13-10(8-16)7-11(14)12(15-13)9-5-3-2-4-6-9/h2-8H,1H3. The van der Waals surface area contributed by atoms with Crippen molar-refractivity contribution in [3.8, 4) is 17.1 Å². The Hall–Kier alpha value is -1.68. The zero-order valence-corrected chi connectivity index (χ0v) is 10.8. The normalized spacial score (nSPS) is 10.0. The van der Waals surface area contributed by atoms with E-state index < -0.39 is 0 Å². The number of carbonyl (C=O) groups excluding carboxylic acids is 1. The number of nitrogens with zero attached hydrogens (tertiary/aromatic N) is 1. The number of pyridine rings is 1. The van der Waals surface area contributed by atoms with Gasteiger partial charge in [-0.3, -0.25) is 4.79 Å². The molecule has 3 nitrogen and oxygen atoms in total. The van der Waals surface area contributed by atoms with Gasteiger partial charge in [-0.25, -0.2) is 4.98 Å². The molecule has 0 bridgehead atoms. The lowest BCUT2D eigenvalue weighted by Crippen LogP contribution is -1.97. The second-order valence-corrected chi connectivity index (χ2v) is 4.26. The molecule has 0 amide bonds. The fraction of sp³-hybridized carbons (Fsp3) is 0.0769. The van der Waals surface area contributed by atoms with Crippen LogP contribution in [0.3, 0.4) is 0 Å². The molecule has 1 aromatic heterocycles. The first kappa shape index (κ1) is 11.8. The van der Waals surface area contributed by atoms with E-state index in [1.54, 1.807) is 6.07 Å². The number of aldehydes is 1. The van der Waals surface area contributed by atoms with Crippen molar-refractivity contribution < 1.29 is 9.53 Å². The summed E-state index contributed by atoms with van der Waals surface area (Å²) >= 11 is 3.41. The zero-order chi connectivity index (χ0) is 12.3.